The highest BCUT2D eigenvalue weighted by molar-refractivity contribution is 5.95. The van der Waals surface area contributed by atoms with E-state index in [0.29, 0.717) is 11.8 Å². The second kappa shape index (κ2) is 5.65. The lowest BCUT2D eigenvalue weighted by Crippen LogP contribution is -2.24. The maximum atomic E-state index is 12.0. The predicted octanol–water partition coefficient (Wildman–Crippen LogP) is 2.38. The van der Waals surface area contributed by atoms with Crippen molar-refractivity contribution < 1.29 is 23.9 Å². The van der Waals surface area contributed by atoms with Crippen LogP contribution in [0.4, 0.5) is 0 Å². The van der Waals surface area contributed by atoms with Gasteiger partial charge in [0.25, 0.3) is 0 Å². The molecule has 0 aromatic heterocycles. The Bertz CT molecular complexity index is 511. The minimum absolute atomic E-state index is 0.0507. The molecule has 0 radical (unpaired) electrons. The molecule has 0 aliphatic carbocycles. The van der Waals surface area contributed by atoms with Crippen molar-refractivity contribution in [2.24, 2.45) is 0 Å². The zero-order chi connectivity index (χ0) is 14.6. The third kappa shape index (κ3) is 4.54. The van der Waals surface area contributed by atoms with Gasteiger partial charge in [0.1, 0.15) is 23.2 Å². The fourth-order valence-electron chi connectivity index (χ4n) is 1.36. The van der Waals surface area contributed by atoms with Gasteiger partial charge in [-0.05, 0) is 39.0 Å². The summed E-state index contributed by atoms with van der Waals surface area (Å²) in [5.41, 5.74) is -0.326. The number of carbonyl (C=O) groups excluding carboxylic acids is 3. The Morgan fingerprint density at radius 3 is 2.32 bits per heavy atom. The maximum Gasteiger partial charge on any atom is 0.342 e. The molecule has 1 aromatic carbocycles. The molecule has 102 valence electrons. The number of carbonyl (C=O) groups is 3. The van der Waals surface area contributed by atoms with Crippen molar-refractivity contribution in [2.45, 2.75) is 33.3 Å². The van der Waals surface area contributed by atoms with Crippen LogP contribution in [0.5, 0.6) is 5.75 Å². The molecule has 1 rings (SSSR count). The maximum absolute atomic E-state index is 12.0. The molecular formula is C14H16O5. The molecule has 0 aliphatic rings. The van der Waals surface area contributed by atoms with Crippen molar-refractivity contribution in [1.82, 2.24) is 0 Å². The van der Waals surface area contributed by atoms with E-state index in [1.165, 1.54) is 25.1 Å². The average molecular weight is 264 g/mol. The standard InChI is InChI=1S/C14H16O5/c1-9(16)18-12-6-5-10(8-15)7-11(12)13(17)19-14(2,3)4/h5-8H,1-4H3. The van der Waals surface area contributed by atoms with Crippen LogP contribution in [-0.4, -0.2) is 23.8 Å². The molecule has 0 unspecified atom stereocenters. The van der Waals surface area contributed by atoms with Crippen LogP contribution in [0.25, 0.3) is 0 Å². The fourth-order valence-corrected chi connectivity index (χ4v) is 1.36. The minimum atomic E-state index is -0.679. The molecule has 0 spiro atoms. The first kappa shape index (κ1) is 14.9. The zero-order valence-electron chi connectivity index (χ0n) is 11.4. The summed E-state index contributed by atoms with van der Waals surface area (Å²) in [6.07, 6.45) is 0.603. The highest BCUT2D eigenvalue weighted by Gasteiger charge is 2.22. The van der Waals surface area contributed by atoms with E-state index in [0.717, 1.165) is 0 Å². The average Bonchev–Trinajstić information content (AvgIpc) is 2.26. The van der Waals surface area contributed by atoms with Gasteiger partial charge in [-0.15, -0.1) is 0 Å². The lowest BCUT2D eigenvalue weighted by molar-refractivity contribution is -0.131. The SMILES string of the molecule is CC(=O)Oc1ccc(C=O)cc1C(=O)OC(C)(C)C. The first-order valence-corrected chi connectivity index (χ1v) is 5.74. The summed E-state index contributed by atoms with van der Waals surface area (Å²) in [7, 11) is 0. The molecule has 0 amide bonds. The molecule has 5 heteroatoms. The van der Waals surface area contributed by atoms with Crippen LogP contribution in [-0.2, 0) is 9.53 Å². The van der Waals surface area contributed by atoms with Crippen LogP contribution in [0.2, 0.25) is 0 Å². The minimum Gasteiger partial charge on any atom is -0.456 e. The number of hydrogen-bond acceptors (Lipinski definition) is 5. The van der Waals surface area contributed by atoms with Crippen LogP contribution in [0, 0.1) is 0 Å². The van der Waals surface area contributed by atoms with Gasteiger partial charge < -0.3 is 9.47 Å². The molecular weight excluding hydrogens is 248 g/mol. The smallest absolute Gasteiger partial charge is 0.342 e. The molecule has 0 bridgehead atoms. The molecule has 0 fully saturated rings. The quantitative estimate of drug-likeness (QED) is 0.476. The summed E-state index contributed by atoms with van der Waals surface area (Å²) in [5, 5.41) is 0. The topological polar surface area (TPSA) is 69.7 Å². The third-order valence-electron chi connectivity index (χ3n) is 2.01. The number of hydrogen-bond donors (Lipinski definition) is 0. The highest BCUT2D eigenvalue weighted by Crippen LogP contribution is 2.23. The molecule has 0 atom stereocenters. The van der Waals surface area contributed by atoms with Gasteiger partial charge in [-0.25, -0.2) is 4.79 Å². The zero-order valence-corrected chi connectivity index (χ0v) is 11.4. The number of aldehydes is 1. The Labute approximate surface area is 111 Å². The van der Waals surface area contributed by atoms with Gasteiger partial charge in [-0.2, -0.15) is 0 Å². The van der Waals surface area contributed by atoms with Crippen molar-refractivity contribution >= 4 is 18.2 Å². The first-order valence-electron chi connectivity index (χ1n) is 5.74. The van der Waals surface area contributed by atoms with Crippen molar-refractivity contribution in [1.29, 1.82) is 0 Å². The molecule has 0 aliphatic heterocycles. The Kier molecular flexibility index (Phi) is 4.43. The number of rotatable bonds is 3. The highest BCUT2D eigenvalue weighted by atomic mass is 16.6. The molecule has 0 saturated heterocycles. The Hall–Kier alpha value is -2.17. The summed E-state index contributed by atoms with van der Waals surface area (Å²) < 4.78 is 10.1. The monoisotopic (exact) mass is 264 g/mol. The van der Waals surface area contributed by atoms with Crippen molar-refractivity contribution in [3.8, 4) is 5.75 Å². The van der Waals surface area contributed by atoms with Crippen LogP contribution >= 0.6 is 0 Å². The summed E-state index contributed by atoms with van der Waals surface area (Å²) in [4.78, 5) is 33.7. The largest absolute Gasteiger partial charge is 0.456 e. The lowest BCUT2D eigenvalue weighted by atomic mass is 10.1. The lowest BCUT2D eigenvalue weighted by Gasteiger charge is -2.20. The molecule has 19 heavy (non-hydrogen) atoms. The van der Waals surface area contributed by atoms with Crippen LogP contribution in [0.1, 0.15) is 48.4 Å². The van der Waals surface area contributed by atoms with Gasteiger partial charge >= 0.3 is 11.9 Å². The van der Waals surface area contributed by atoms with E-state index >= 15 is 0 Å². The Morgan fingerprint density at radius 1 is 1.21 bits per heavy atom. The van der Waals surface area contributed by atoms with E-state index < -0.39 is 17.5 Å². The normalized spacial score (nSPS) is 10.7. The second-order valence-corrected chi connectivity index (χ2v) is 4.97. The third-order valence-corrected chi connectivity index (χ3v) is 2.01. The van der Waals surface area contributed by atoms with Gasteiger partial charge in [0.2, 0.25) is 0 Å². The van der Waals surface area contributed by atoms with E-state index in [2.05, 4.69) is 0 Å². The molecule has 0 N–H and O–H groups in total. The summed E-state index contributed by atoms with van der Waals surface area (Å²) >= 11 is 0. The molecule has 0 saturated carbocycles. The van der Waals surface area contributed by atoms with Gasteiger partial charge in [0.05, 0.1) is 0 Å². The van der Waals surface area contributed by atoms with E-state index in [4.69, 9.17) is 9.47 Å². The van der Waals surface area contributed by atoms with Gasteiger partial charge in [-0.3, -0.25) is 9.59 Å². The Morgan fingerprint density at radius 2 is 1.84 bits per heavy atom. The number of esters is 2. The van der Waals surface area contributed by atoms with E-state index in [1.807, 2.05) is 0 Å². The Balaban J connectivity index is 3.17. The van der Waals surface area contributed by atoms with Crippen LogP contribution in [0.15, 0.2) is 18.2 Å². The second-order valence-electron chi connectivity index (χ2n) is 4.97. The van der Waals surface area contributed by atoms with E-state index in [9.17, 15) is 14.4 Å². The summed E-state index contributed by atoms with van der Waals surface area (Å²) in [6, 6.07) is 4.18. The van der Waals surface area contributed by atoms with Crippen molar-refractivity contribution in [2.75, 3.05) is 0 Å². The molecule has 5 nitrogen and oxygen atoms in total. The van der Waals surface area contributed by atoms with E-state index in [1.54, 1.807) is 20.8 Å². The van der Waals surface area contributed by atoms with Crippen LogP contribution in [0.3, 0.4) is 0 Å². The van der Waals surface area contributed by atoms with Gasteiger partial charge in [-0.1, -0.05) is 0 Å². The number of benzene rings is 1. The van der Waals surface area contributed by atoms with E-state index in [-0.39, 0.29) is 11.3 Å². The fraction of sp³-hybridized carbons (Fsp3) is 0.357. The van der Waals surface area contributed by atoms with Crippen molar-refractivity contribution in [3.05, 3.63) is 29.3 Å². The molecule has 1 aromatic rings. The van der Waals surface area contributed by atoms with Gasteiger partial charge in [0, 0.05) is 12.5 Å². The van der Waals surface area contributed by atoms with Crippen LogP contribution < -0.4 is 4.74 Å². The summed E-state index contributed by atoms with van der Waals surface area (Å²) in [5.74, 6) is -1.12. The number of ether oxygens (including phenoxy) is 2. The van der Waals surface area contributed by atoms with Gasteiger partial charge in [0.15, 0.2) is 0 Å². The predicted molar refractivity (Wildman–Crippen MR) is 68.3 cm³/mol. The summed E-state index contributed by atoms with van der Waals surface area (Å²) in [6.45, 7) is 6.40. The molecule has 0 heterocycles. The van der Waals surface area contributed by atoms with Crippen molar-refractivity contribution in [3.63, 3.8) is 0 Å². The first-order chi connectivity index (χ1) is 8.73.